The van der Waals surface area contributed by atoms with E-state index >= 15 is 0 Å². The number of fused-ring (bicyclic) bond motifs is 5. The Hall–Kier alpha value is -2.39. The zero-order valence-electron chi connectivity index (χ0n) is 16.5. The molecule has 2 aromatic carbocycles. The molecule has 0 amide bonds. The van der Waals surface area contributed by atoms with E-state index in [4.69, 9.17) is 0 Å². The highest BCUT2D eigenvalue weighted by Gasteiger charge is 2.46. The Labute approximate surface area is 160 Å². The van der Waals surface area contributed by atoms with Gasteiger partial charge in [0.05, 0.1) is 22.2 Å². The normalized spacial score (nSPS) is 19.2. The quantitative estimate of drug-likeness (QED) is 0.682. The van der Waals surface area contributed by atoms with Gasteiger partial charge in [-0.25, -0.2) is 0 Å². The summed E-state index contributed by atoms with van der Waals surface area (Å²) in [5, 5.41) is 11.7. The minimum Gasteiger partial charge on any atom is -0.390 e. The topological polar surface area (TPSA) is 42.2 Å². The Bertz CT molecular complexity index is 1040. The van der Waals surface area contributed by atoms with Crippen molar-refractivity contribution >= 4 is 16.8 Å². The lowest BCUT2D eigenvalue weighted by Crippen LogP contribution is -2.45. The van der Waals surface area contributed by atoms with Crippen LogP contribution in [0.15, 0.2) is 48.5 Å². The molecule has 3 nitrogen and oxygen atoms in total. The molecule has 0 unspecified atom stereocenters. The third kappa shape index (κ3) is 2.64. The van der Waals surface area contributed by atoms with Crippen molar-refractivity contribution in [1.29, 1.82) is 0 Å². The highest BCUT2D eigenvalue weighted by Crippen LogP contribution is 2.48. The maximum Gasteiger partial charge on any atom is 0.242 e. The summed E-state index contributed by atoms with van der Waals surface area (Å²) >= 11 is 0. The Balaban J connectivity index is 2.10. The fourth-order valence-corrected chi connectivity index (χ4v) is 4.87. The van der Waals surface area contributed by atoms with Gasteiger partial charge in [-0.05, 0) is 50.8 Å². The Morgan fingerprint density at radius 3 is 2.44 bits per heavy atom. The van der Waals surface area contributed by atoms with Crippen LogP contribution >= 0.6 is 0 Å². The highest BCUT2D eigenvalue weighted by molar-refractivity contribution is 6.08. The second-order valence-corrected chi connectivity index (χ2v) is 8.60. The summed E-state index contributed by atoms with van der Waals surface area (Å²) in [5.41, 5.74) is 3.67. The van der Waals surface area contributed by atoms with Gasteiger partial charge in [0.25, 0.3) is 0 Å². The first-order valence-electron chi connectivity index (χ1n) is 9.77. The Morgan fingerprint density at radius 2 is 1.74 bits per heavy atom. The first-order chi connectivity index (χ1) is 12.8. The molecule has 3 aromatic rings. The van der Waals surface area contributed by atoms with Crippen molar-refractivity contribution in [3.05, 3.63) is 59.7 Å². The molecule has 1 aliphatic heterocycles. The average Bonchev–Trinajstić information content (AvgIpc) is 2.94. The van der Waals surface area contributed by atoms with Gasteiger partial charge in [0.1, 0.15) is 0 Å². The van der Waals surface area contributed by atoms with Crippen LogP contribution in [0.2, 0.25) is 0 Å². The van der Waals surface area contributed by atoms with Crippen LogP contribution in [-0.2, 0) is 11.8 Å². The third-order valence-electron chi connectivity index (χ3n) is 5.72. The van der Waals surface area contributed by atoms with Gasteiger partial charge in [0, 0.05) is 10.9 Å². The molecule has 0 fully saturated rings. The van der Waals surface area contributed by atoms with E-state index in [1.54, 1.807) is 13.8 Å². The maximum absolute atomic E-state index is 13.9. The van der Waals surface area contributed by atoms with Gasteiger partial charge in [0.2, 0.25) is 5.91 Å². The number of aromatic nitrogens is 1. The second kappa shape index (κ2) is 6.07. The van der Waals surface area contributed by atoms with E-state index in [2.05, 4.69) is 25.1 Å². The van der Waals surface area contributed by atoms with Crippen LogP contribution in [0.3, 0.4) is 0 Å². The molecule has 1 aromatic heterocycles. The van der Waals surface area contributed by atoms with Crippen molar-refractivity contribution in [2.24, 2.45) is 0 Å². The Morgan fingerprint density at radius 1 is 1.07 bits per heavy atom. The molecule has 1 atom stereocenters. The SMILES string of the molecule is CCCc1c2n(c3ccccc13)C(=O)[C@](C)(CC(C)(C)O)c1ccccc1-2. The molecule has 1 aliphatic rings. The van der Waals surface area contributed by atoms with Gasteiger partial charge in [-0.1, -0.05) is 55.8 Å². The van der Waals surface area contributed by atoms with Crippen LogP contribution in [0, 0.1) is 0 Å². The lowest BCUT2D eigenvalue weighted by molar-refractivity contribution is 0.0378. The molecule has 0 spiro atoms. The van der Waals surface area contributed by atoms with Crippen LogP contribution in [0.1, 0.15) is 56.5 Å². The smallest absolute Gasteiger partial charge is 0.242 e. The molecule has 0 bridgehead atoms. The molecule has 140 valence electrons. The molecule has 0 radical (unpaired) electrons. The van der Waals surface area contributed by atoms with Crippen LogP contribution in [0.5, 0.6) is 0 Å². The number of carbonyl (C=O) groups excluding carboxylic acids is 1. The van der Waals surface area contributed by atoms with Crippen molar-refractivity contribution in [2.45, 2.75) is 58.0 Å². The minimum absolute atomic E-state index is 0.0527. The molecule has 27 heavy (non-hydrogen) atoms. The van der Waals surface area contributed by atoms with Gasteiger partial charge in [-0.3, -0.25) is 9.36 Å². The highest BCUT2D eigenvalue weighted by atomic mass is 16.3. The predicted molar refractivity (Wildman–Crippen MR) is 110 cm³/mol. The molecule has 4 rings (SSSR count). The predicted octanol–water partition coefficient (Wildman–Crippen LogP) is 5.33. The monoisotopic (exact) mass is 361 g/mol. The van der Waals surface area contributed by atoms with Gasteiger partial charge >= 0.3 is 0 Å². The van der Waals surface area contributed by atoms with Gasteiger partial charge in [-0.15, -0.1) is 0 Å². The summed E-state index contributed by atoms with van der Waals surface area (Å²) in [5.74, 6) is 0.0527. The van der Waals surface area contributed by atoms with Crippen LogP contribution < -0.4 is 0 Å². The standard InChI is InChI=1S/C24H27NO2/c1-5-10-17-16-11-7-9-14-20(16)25-21(17)18-12-6-8-13-19(18)24(4,22(25)26)15-23(2,3)27/h6-9,11-14,27H,5,10,15H2,1-4H3/t24-/m1/s1. The minimum atomic E-state index is -0.940. The number of para-hydroxylation sites is 1. The first kappa shape index (κ1) is 18.0. The van der Waals surface area contributed by atoms with Crippen molar-refractivity contribution in [3.63, 3.8) is 0 Å². The zero-order valence-corrected chi connectivity index (χ0v) is 16.5. The Kier molecular flexibility index (Phi) is 4.04. The lowest BCUT2D eigenvalue weighted by atomic mass is 9.70. The van der Waals surface area contributed by atoms with Crippen LogP contribution in [0.4, 0.5) is 0 Å². The molecule has 3 heteroatoms. The van der Waals surface area contributed by atoms with E-state index in [0.717, 1.165) is 40.6 Å². The molecular formula is C24H27NO2. The summed E-state index contributed by atoms with van der Waals surface area (Å²) in [7, 11) is 0. The van der Waals surface area contributed by atoms with E-state index in [0.29, 0.717) is 6.42 Å². The van der Waals surface area contributed by atoms with E-state index < -0.39 is 11.0 Å². The van der Waals surface area contributed by atoms with Crippen molar-refractivity contribution in [1.82, 2.24) is 4.57 Å². The van der Waals surface area contributed by atoms with Crippen molar-refractivity contribution < 1.29 is 9.90 Å². The first-order valence-corrected chi connectivity index (χ1v) is 9.77. The third-order valence-corrected chi connectivity index (χ3v) is 5.72. The van der Waals surface area contributed by atoms with Gasteiger partial charge < -0.3 is 5.11 Å². The summed E-state index contributed by atoms with van der Waals surface area (Å²) < 4.78 is 1.91. The van der Waals surface area contributed by atoms with E-state index in [9.17, 15) is 9.90 Å². The number of hydrogen-bond acceptors (Lipinski definition) is 2. The zero-order chi connectivity index (χ0) is 19.4. The van der Waals surface area contributed by atoms with Crippen molar-refractivity contribution in [3.8, 4) is 11.3 Å². The van der Waals surface area contributed by atoms with E-state index in [1.807, 2.05) is 41.8 Å². The van der Waals surface area contributed by atoms with E-state index in [1.165, 1.54) is 5.56 Å². The number of benzene rings is 2. The summed E-state index contributed by atoms with van der Waals surface area (Å²) in [6.07, 6.45) is 2.34. The van der Waals surface area contributed by atoms with Gasteiger partial charge in [0.15, 0.2) is 0 Å². The molecule has 2 heterocycles. The second-order valence-electron chi connectivity index (χ2n) is 8.60. The molecule has 0 saturated carbocycles. The summed E-state index contributed by atoms with van der Waals surface area (Å²) in [6, 6.07) is 16.4. The van der Waals surface area contributed by atoms with Crippen LogP contribution in [-0.4, -0.2) is 21.2 Å². The molecule has 1 N–H and O–H groups in total. The van der Waals surface area contributed by atoms with Crippen LogP contribution in [0.25, 0.3) is 22.2 Å². The maximum atomic E-state index is 13.9. The number of aryl methyl sites for hydroxylation is 1. The van der Waals surface area contributed by atoms with Crippen molar-refractivity contribution in [2.75, 3.05) is 0 Å². The number of carbonyl (C=O) groups is 1. The molecule has 0 aliphatic carbocycles. The molecular weight excluding hydrogens is 334 g/mol. The fraction of sp³-hybridized carbons (Fsp3) is 0.375. The lowest BCUT2D eigenvalue weighted by Gasteiger charge is -2.39. The average molecular weight is 361 g/mol. The fourth-order valence-electron chi connectivity index (χ4n) is 4.87. The van der Waals surface area contributed by atoms with E-state index in [-0.39, 0.29) is 5.91 Å². The number of aliphatic hydroxyl groups is 1. The summed E-state index contributed by atoms with van der Waals surface area (Å²) in [6.45, 7) is 7.71. The summed E-state index contributed by atoms with van der Waals surface area (Å²) in [4.78, 5) is 13.9. The number of nitrogens with zero attached hydrogens (tertiary/aromatic N) is 1. The largest absolute Gasteiger partial charge is 0.390 e. The number of hydrogen-bond donors (Lipinski definition) is 1. The molecule has 0 saturated heterocycles. The van der Waals surface area contributed by atoms with Gasteiger partial charge in [-0.2, -0.15) is 0 Å². The number of rotatable bonds is 4.